The highest BCUT2D eigenvalue weighted by Crippen LogP contribution is 2.32. The molecular formula is C7H11ClO2. The lowest BCUT2D eigenvalue weighted by Crippen LogP contribution is -2.25. The molecule has 2 aliphatic rings. The van der Waals surface area contributed by atoms with Gasteiger partial charge < -0.3 is 9.47 Å². The Morgan fingerprint density at radius 1 is 1.20 bits per heavy atom. The van der Waals surface area contributed by atoms with Gasteiger partial charge in [-0.1, -0.05) is 6.92 Å². The van der Waals surface area contributed by atoms with Gasteiger partial charge in [0.1, 0.15) is 6.10 Å². The average molecular weight is 163 g/mol. The van der Waals surface area contributed by atoms with Gasteiger partial charge in [0.05, 0.1) is 24.7 Å². The van der Waals surface area contributed by atoms with Gasteiger partial charge in [0.2, 0.25) is 0 Å². The fourth-order valence-electron chi connectivity index (χ4n) is 1.64. The predicted molar refractivity (Wildman–Crippen MR) is 38.3 cm³/mol. The number of fused-ring (bicyclic) bond motifs is 1. The molecule has 3 heteroatoms. The molecule has 0 radical (unpaired) electrons. The first-order chi connectivity index (χ1) is 4.79. The van der Waals surface area contributed by atoms with Crippen LogP contribution in [0.2, 0.25) is 0 Å². The van der Waals surface area contributed by atoms with Crippen LogP contribution in [0.3, 0.4) is 0 Å². The largest absolute Gasteiger partial charge is 0.373 e. The van der Waals surface area contributed by atoms with Crippen molar-refractivity contribution in [1.29, 1.82) is 0 Å². The van der Waals surface area contributed by atoms with Crippen molar-refractivity contribution in [2.75, 3.05) is 13.2 Å². The van der Waals surface area contributed by atoms with Crippen LogP contribution in [0.5, 0.6) is 0 Å². The van der Waals surface area contributed by atoms with Crippen LogP contribution in [-0.4, -0.2) is 30.8 Å². The fourth-order valence-corrected chi connectivity index (χ4v) is 1.93. The van der Waals surface area contributed by atoms with Crippen molar-refractivity contribution in [3.8, 4) is 0 Å². The summed E-state index contributed by atoms with van der Waals surface area (Å²) in [5, 5.41) is 0.0787. The van der Waals surface area contributed by atoms with Gasteiger partial charge in [0.25, 0.3) is 0 Å². The maximum Gasteiger partial charge on any atom is 0.103 e. The zero-order valence-electron chi connectivity index (χ0n) is 5.92. The molecule has 0 amide bonds. The van der Waals surface area contributed by atoms with E-state index in [4.69, 9.17) is 21.1 Å². The van der Waals surface area contributed by atoms with Crippen LogP contribution in [0, 0.1) is 5.92 Å². The standard InChI is InChI=1S/C7H11ClO2/c1-4-2-9-7-5(8)3-10-6(4)7/h4-7H,2-3H2,1H3/t4-,5+,6-,7-/m1/s1. The van der Waals surface area contributed by atoms with E-state index in [1.807, 2.05) is 0 Å². The minimum atomic E-state index is 0.0787. The molecule has 2 rings (SSSR count). The van der Waals surface area contributed by atoms with Gasteiger partial charge >= 0.3 is 0 Å². The second-order valence-electron chi connectivity index (χ2n) is 3.09. The Morgan fingerprint density at radius 3 is 2.60 bits per heavy atom. The van der Waals surface area contributed by atoms with E-state index < -0.39 is 0 Å². The Balaban J connectivity index is 2.09. The third-order valence-electron chi connectivity index (χ3n) is 2.24. The molecule has 0 aromatic rings. The molecule has 2 nitrogen and oxygen atoms in total. The van der Waals surface area contributed by atoms with Gasteiger partial charge in [-0.2, -0.15) is 0 Å². The van der Waals surface area contributed by atoms with E-state index in [2.05, 4.69) is 6.92 Å². The molecule has 0 spiro atoms. The minimum absolute atomic E-state index is 0.0787. The fraction of sp³-hybridized carbons (Fsp3) is 1.00. The number of hydrogen-bond donors (Lipinski definition) is 0. The van der Waals surface area contributed by atoms with Gasteiger partial charge in [0.15, 0.2) is 0 Å². The summed E-state index contributed by atoms with van der Waals surface area (Å²) in [6.07, 6.45) is 0.430. The molecule has 0 N–H and O–H groups in total. The number of alkyl halides is 1. The molecule has 0 aliphatic carbocycles. The lowest BCUT2D eigenvalue weighted by Gasteiger charge is -2.09. The van der Waals surface area contributed by atoms with Crippen LogP contribution in [0.1, 0.15) is 6.92 Å². The topological polar surface area (TPSA) is 18.5 Å². The molecule has 0 saturated carbocycles. The van der Waals surface area contributed by atoms with E-state index >= 15 is 0 Å². The maximum atomic E-state index is 5.93. The third-order valence-corrected chi connectivity index (χ3v) is 2.61. The SMILES string of the molecule is C[C@@H]1CO[C@H]2[C@@H]1OC[C@@H]2Cl. The van der Waals surface area contributed by atoms with E-state index in [9.17, 15) is 0 Å². The molecule has 2 heterocycles. The van der Waals surface area contributed by atoms with Crippen molar-refractivity contribution in [3.05, 3.63) is 0 Å². The first-order valence-electron chi connectivity index (χ1n) is 3.66. The van der Waals surface area contributed by atoms with Gasteiger partial charge in [0, 0.05) is 5.92 Å². The van der Waals surface area contributed by atoms with E-state index in [1.54, 1.807) is 0 Å². The highest BCUT2D eigenvalue weighted by molar-refractivity contribution is 6.21. The monoisotopic (exact) mass is 162 g/mol. The highest BCUT2D eigenvalue weighted by atomic mass is 35.5. The van der Waals surface area contributed by atoms with Crippen LogP contribution in [0.15, 0.2) is 0 Å². The molecule has 2 aliphatic heterocycles. The Bertz CT molecular complexity index is 124. The highest BCUT2D eigenvalue weighted by Gasteiger charge is 2.44. The second kappa shape index (κ2) is 2.36. The zero-order valence-corrected chi connectivity index (χ0v) is 6.67. The second-order valence-corrected chi connectivity index (χ2v) is 3.65. The normalized spacial score (nSPS) is 53.4. The van der Waals surface area contributed by atoms with E-state index in [0.717, 1.165) is 6.61 Å². The molecule has 10 heavy (non-hydrogen) atoms. The first kappa shape index (κ1) is 6.89. The molecule has 2 fully saturated rings. The number of rotatable bonds is 0. The number of hydrogen-bond acceptors (Lipinski definition) is 2. The third kappa shape index (κ3) is 0.865. The van der Waals surface area contributed by atoms with Gasteiger partial charge in [-0.05, 0) is 0 Å². The summed E-state index contributed by atoms with van der Waals surface area (Å²) < 4.78 is 10.9. The van der Waals surface area contributed by atoms with Crippen molar-refractivity contribution in [3.63, 3.8) is 0 Å². The van der Waals surface area contributed by atoms with Crippen molar-refractivity contribution < 1.29 is 9.47 Å². The first-order valence-corrected chi connectivity index (χ1v) is 4.10. The van der Waals surface area contributed by atoms with Gasteiger partial charge in [-0.3, -0.25) is 0 Å². The summed E-state index contributed by atoms with van der Waals surface area (Å²) in [7, 11) is 0. The summed E-state index contributed by atoms with van der Waals surface area (Å²) in [4.78, 5) is 0. The van der Waals surface area contributed by atoms with E-state index in [1.165, 1.54) is 0 Å². The molecule has 4 atom stereocenters. The van der Waals surface area contributed by atoms with Crippen molar-refractivity contribution in [2.45, 2.75) is 24.5 Å². The molecule has 0 aromatic carbocycles. The summed E-state index contributed by atoms with van der Waals surface area (Å²) in [5.41, 5.74) is 0. The smallest absolute Gasteiger partial charge is 0.103 e. The number of ether oxygens (including phenoxy) is 2. The predicted octanol–water partition coefficient (Wildman–Crippen LogP) is 1.03. The van der Waals surface area contributed by atoms with Crippen LogP contribution >= 0.6 is 11.6 Å². The summed E-state index contributed by atoms with van der Waals surface area (Å²) in [6, 6.07) is 0. The molecule has 0 aromatic heterocycles. The summed E-state index contributed by atoms with van der Waals surface area (Å²) in [5.74, 6) is 0.522. The van der Waals surface area contributed by atoms with Gasteiger partial charge in [-0.15, -0.1) is 11.6 Å². The molecule has 0 bridgehead atoms. The van der Waals surface area contributed by atoms with Crippen LogP contribution in [-0.2, 0) is 9.47 Å². The van der Waals surface area contributed by atoms with Crippen LogP contribution in [0.25, 0.3) is 0 Å². The molecular weight excluding hydrogens is 152 g/mol. The minimum Gasteiger partial charge on any atom is -0.373 e. The molecule has 58 valence electrons. The van der Waals surface area contributed by atoms with Gasteiger partial charge in [-0.25, -0.2) is 0 Å². The average Bonchev–Trinajstić information content (AvgIpc) is 2.41. The lowest BCUT2D eigenvalue weighted by atomic mass is 10.0. The molecule has 0 unspecified atom stereocenters. The van der Waals surface area contributed by atoms with Crippen molar-refractivity contribution >= 4 is 11.6 Å². The van der Waals surface area contributed by atoms with Crippen molar-refractivity contribution in [1.82, 2.24) is 0 Å². The Hall–Kier alpha value is 0.210. The van der Waals surface area contributed by atoms with Crippen molar-refractivity contribution in [2.24, 2.45) is 5.92 Å². The lowest BCUT2D eigenvalue weighted by molar-refractivity contribution is 0.0659. The molecule has 2 saturated heterocycles. The summed E-state index contributed by atoms with van der Waals surface area (Å²) in [6.45, 7) is 3.60. The quantitative estimate of drug-likeness (QED) is 0.496. The van der Waals surface area contributed by atoms with Crippen LogP contribution < -0.4 is 0 Å². The zero-order chi connectivity index (χ0) is 7.14. The Kier molecular flexibility index (Phi) is 1.63. The Morgan fingerprint density at radius 2 is 1.90 bits per heavy atom. The van der Waals surface area contributed by atoms with E-state index in [-0.39, 0.29) is 17.6 Å². The van der Waals surface area contributed by atoms with Crippen LogP contribution in [0.4, 0.5) is 0 Å². The Labute approximate surface area is 65.4 Å². The van der Waals surface area contributed by atoms with E-state index in [0.29, 0.717) is 12.5 Å². The summed E-state index contributed by atoms with van der Waals surface area (Å²) >= 11 is 5.93. The maximum absolute atomic E-state index is 5.93. The number of halogens is 1.